The summed E-state index contributed by atoms with van der Waals surface area (Å²) in [4.78, 5) is 6.92. The van der Waals surface area contributed by atoms with Gasteiger partial charge in [-0.3, -0.25) is 4.90 Å². The molecule has 2 aromatic heterocycles. The fourth-order valence-corrected chi connectivity index (χ4v) is 2.91. The summed E-state index contributed by atoms with van der Waals surface area (Å²) in [5.41, 5.74) is 1.37. The van der Waals surface area contributed by atoms with E-state index in [2.05, 4.69) is 58.8 Å². The molecule has 1 fully saturated rings. The minimum atomic E-state index is 0.315. The van der Waals surface area contributed by atoms with Crippen molar-refractivity contribution < 1.29 is 4.52 Å². The minimum Gasteiger partial charge on any atom is -0.353 e. The molecule has 0 aliphatic carbocycles. The monoisotopic (exact) mass is 274 g/mol. The molecule has 1 atom stereocenters. The summed E-state index contributed by atoms with van der Waals surface area (Å²) < 4.78 is 7.58. The van der Waals surface area contributed by atoms with Gasteiger partial charge < -0.3 is 9.09 Å². The highest BCUT2D eigenvalue weighted by molar-refractivity contribution is 5.13. The van der Waals surface area contributed by atoms with Crippen LogP contribution in [-0.4, -0.2) is 26.2 Å². The van der Waals surface area contributed by atoms with Crippen molar-refractivity contribution in [1.29, 1.82) is 0 Å². The Morgan fingerprint density at radius 3 is 2.95 bits per heavy atom. The maximum atomic E-state index is 5.37. The highest BCUT2D eigenvalue weighted by Crippen LogP contribution is 2.32. The first-order valence-corrected chi connectivity index (χ1v) is 7.33. The molecule has 1 aliphatic heterocycles. The number of hydrogen-bond acceptors (Lipinski definition) is 4. The Balaban J connectivity index is 1.74. The number of rotatable bonds is 4. The van der Waals surface area contributed by atoms with Crippen molar-refractivity contribution in [2.24, 2.45) is 7.05 Å². The van der Waals surface area contributed by atoms with Gasteiger partial charge in [-0.1, -0.05) is 19.0 Å². The molecule has 0 spiro atoms. The molecule has 0 bridgehead atoms. The third-order valence-electron chi connectivity index (χ3n) is 4.03. The highest BCUT2D eigenvalue weighted by atomic mass is 16.5. The fourth-order valence-electron chi connectivity index (χ4n) is 2.91. The Morgan fingerprint density at radius 2 is 2.30 bits per heavy atom. The van der Waals surface area contributed by atoms with Gasteiger partial charge >= 0.3 is 0 Å². The Morgan fingerprint density at radius 1 is 1.45 bits per heavy atom. The van der Waals surface area contributed by atoms with Gasteiger partial charge in [0.1, 0.15) is 0 Å². The lowest BCUT2D eigenvalue weighted by atomic mass is 10.1. The van der Waals surface area contributed by atoms with Gasteiger partial charge in [0.25, 0.3) is 0 Å². The minimum absolute atomic E-state index is 0.315. The van der Waals surface area contributed by atoms with Gasteiger partial charge in [-0.15, -0.1) is 0 Å². The summed E-state index contributed by atoms with van der Waals surface area (Å²) in [7, 11) is 2.11. The second-order valence-corrected chi connectivity index (χ2v) is 5.87. The zero-order valence-corrected chi connectivity index (χ0v) is 12.4. The summed E-state index contributed by atoms with van der Waals surface area (Å²) in [5, 5.41) is 4.05. The third kappa shape index (κ3) is 2.50. The lowest BCUT2D eigenvalue weighted by Crippen LogP contribution is -2.24. The molecule has 2 aromatic rings. The molecule has 5 nitrogen and oxygen atoms in total. The van der Waals surface area contributed by atoms with Crippen molar-refractivity contribution in [2.45, 2.75) is 45.2 Å². The van der Waals surface area contributed by atoms with Crippen LogP contribution in [0.3, 0.4) is 0 Å². The van der Waals surface area contributed by atoms with Crippen LogP contribution >= 0.6 is 0 Å². The first kappa shape index (κ1) is 13.4. The number of likely N-dealkylation sites (tertiary alicyclic amines) is 1. The lowest BCUT2D eigenvalue weighted by molar-refractivity contribution is 0.207. The van der Waals surface area contributed by atoms with E-state index in [1.54, 1.807) is 0 Å². The predicted octanol–water partition coefficient (Wildman–Crippen LogP) is 2.87. The molecule has 3 rings (SSSR count). The number of hydrogen-bond donors (Lipinski definition) is 0. The molecular weight excluding hydrogens is 252 g/mol. The lowest BCUT2D eigenvalue weighted by Gasteiger charge is -2.23. The molecule has 1 aliphatic rings. The van der Waals surface area contributed by atoms with Crippen molar-refractivity contribution in [3.63, 3.8) is 0 Å². The number of aryl methyl sites for hydroxylation is 1. The van der Waals surface area contributed by atoms with E-state index in [0.29, 0.717) is 12.0 Å². The van der Waals surface area contributed by atoms with Crippen molar-refractivity contribution in [1.82, 2.24) is 19.6 Å². The summed E-state index contributed by atoms with van der Waals surface area (Å²) in [6.07, 6.45) is 4.53. The molecule has 3 heterocycles. The second-order valence-electron chi connectivity index (χ2n) is 5.87. The van der Waals surface area contributed by atoms with Gasteiger partial charge in [0.2, 0.25) is 5.89 Å². The van der Waals surface area contributed by atoms with E-state index in [1.807, 2.05) is 0 Å². The van der Waals surface area contributed by atoms with E-state index in [4.69, 9.17) is 4.52 Å². The van der Waals surface area contributed by atoms with Gasteiger partial charge in [-0.2, -0.15) is 4.98 Å². The van der Waals surface area contributed by atoms with Crippen molar-refractivity contribution in [3.05, 3.63) is 35.7 Å². The molecule has 5 heteroatoms. The molecule has 0 N–H and O–H groups in total. The molecular formula is C15H22N4O. The standard InChI is InChI=1S/C15H22N4O/c1-11(2)15-16-14(20-17-15)10-19-9-5-7-13(19)12-6-4-8-18(12)3/h4,6,8,11,13H,5,7,9-10H2,1-3H3. The molecule has 0 saturated carbocycles. The third-order valence-corrected chi connectivity index (χ3v) is 4.03. The molecule has 20 heavy (non-hydrogen) atoms. The first-order valence-electron chi connectivity index (χ1n) is 7.33. The average Bonchev–Trinajstić information content (AvgIpc) is 3.10. The summed E-state index contributed by atoms with van der Waals surface area (Å²) in [6, 6.07) is 4.77. The molecule has 108 valence electrons. The normalized spacial score (nSPS) is 20.1. The van der Waals surface area contributed by atoms with Crippen LogP contribution in [-0.2, 0) is 13.6 Å². The van der Waals surface area contributed by atoms with Crippen LogP contribution in [0, 0.1) is 0 Å². The zero-order chi connectivity index (χ0) is 14.1. The van der Waals surface area contributed by atoms with Gasteiger partial charge in [0, 0.05) is 24.9 Å². The van der Waals surface area contributed by atoms with Gasteiger partial charge in [0.15, 0.2) is 5.82 Å². The van der Waals surface area contributed by atoms with Crippen LogP contribution in [0.4, 0.5) is 0 Å². The summed E-state index contributed by atoms with van der Waals surface area (Å²) >= 11 is 0. The van der Waals surface area contributed by atoms with Crippen LogP contribution in [0.1, 0.15) is 56.1 Å². The summed E-state index contributed by atoms with van der Waals surface area (Å²) in [6.45, 7) is 6.00. The highest BCUT2D eigenvalue weighted by Gasteiger charge is 2.29. The van der Waals surface area contributed by atoms with Gasteiger partial charge in [-0.25, -0.2) is 0 Å². The van der Waals surface area contributed by atoms with Crippen LogP contribution < -0.4 is 0 Å². The molecule has 0 aromatic carbocycles. The van der Waals surface area contributed by atoms with Gasteiger partial charge in [0.05, 0.1) is 12.6 Å². The Kier molecular flexibility index (Phi) is 3.61. The van der Waals surface area contributed by atoms with Crippen LogP contribution in [0.25, 0.3) is 0 Å². The van der Waals surface area contributed by atoms with Crippen molar-refractivity contribution in [3.8, 4) is 0 Å². The zero-order valence-electron chi connectivity index (χ0n) is 12.4. The van der Waals surface area contributed by atoms with Crippen molar-refractivity contribution >= 4 is 0 Å². The maximum absolute atomic E-state index is 5.37. The topological polar surface area (TPSA) is 47.1 Å². The molecule has 0 radical (unpaired) electrons. The smallest absolute Gasteiger partial charge is 0.240 e. The quantitative estimate of drug-likeness (QED) is 0.860. The Labute approximate surface area is 119 Å². The van der Waals surface area contributed by atoms with Crippen molar-refractivity contribution in [2.75, 3.05) is 6.54 Å². The van der Waals surface area contributed by atoms with Crippen LogP contribution in [0.15, 0.2) is 22.9 Å². The van der Waals surface area contributed by atoms with E-state index in [0.717, 1.165) is 24.8 Å². The SMILES string of the molecule is CC(C)c1noc(CN2CCCC2c2cccn2C)n1. The van der Waals surface area contributed by atoms with Crippen LogP contribution in [0.5, 0.6) is 0 Å². The van der Waals surface area contributed by atoms with E-state index in [-0.39, 0.29) is 0 Å². The maximum Gasteiger partial charge on any atom is 0.240 e. The Hall–Kier alpha value is -1.62. The molecule has 1 unspecified atom stereocenters. The molecule has 0 amide bonds. The van der Waals surface area contributed by atoms with E-state index in [9.17, 15) is 0 Å². The largest absolute Gasteiger partial charge is 0.353 e. The van der Waals surface area contributed by atoms with E-state index < -0.39 is 0 Å². The first-order chi connectivity index (χ1) is 9.65. The Bertz CT molecular complexity index is 572. The van der Waals surface area contributed by atoms with E-state index in [1.165, 1.54) is 18.5 Å². The number of aromatic nitrogens is 3. The molecule has 1 saturated heterocycles. The van der Waals surface area contributed by atoms with Gasteiger partial charge in [-0.05, 0) is 31.5 Å². The predicted molar refractivity (Wildman–Crippen MR) is 76.2 cm³/mol. The summed E-state index contributed by atoms with van der Waals surface area (Å²) in [5.74, 6) is 1.85. The van der Waals surface area contributed by atoms with E-state index >= 15 is 0 Å². The van der Waals surface area contributed by atoms with Crippen LogP contribution in [0.2, 0.25) is 0 Å². The fraction of sp³-hybridized carbons (Fsp3) is 0.600. The average molecular weight is 274 g/mol. The second kappa shape index (κ2) is 5.40. The number of nitrogens with zero attached hydrogens (tertiary/aromatic N) is 4.